The summed E-state index contributed by atoms with van der Waals surface area (Å²) in [6.45, 7) is 8.19. The number of amides is 2. The molecule has 0 unspecified atom stereocenters. The van der Waals surface area contributed by atoms with E-state index >= 15 is 0 Å². The molecule has 0 aromatic rings. The molecule has 0 aromatic heterocycles. The number of ether oxygens (including phenoxy) is 1. The number of piperidine rings is 1. The normalized spacial score (nSPS) is 29.7. The van der Waals surface area contributed by atoms with E-state index in [-0.39, 0.29) is 5.91 Å². The first-order chi connectivity index (χ1) is 13.1. The molecule has 1 aliphatic carbocycles. The molecule has 0 aromatic carbocycles. The zero-order valence-corrected chi connectivity index (χ0v) is 18.4. The second-order valence-corrected chi connectivity index (χ2v) is 10.7. The van der Waals surface area contributed by atoms with Crippen molar-refractivity contribution in [2.75, 3.05) is 0 Å². The number of carbonyl (C=O) groups excluding carboxylic acids is 2. The fourth-order valence-corrected chi connectivity index (χ4v) is 6.15. The van der Waals surface area contributed by atoms with Gasteiger partial charge in [0.2, 0.25) is 6.41 Å². The summed E-state index contributed by atoms with van der Waals surface area (Å²) in [5, 5.41) is 3.32. The van der Waals surface area contributed by atoms with Gasteiger partial charge in [-0.2, -0.15) is 0 Å². The molecular formula is C23H40N2O3. The largest absolute Gasteiger partial charge is 0.339 e. The zero-order valence-electron chi connectivity index (χ0n) is 18.4. The Bertz CT molecular complexity index is 554. The summed E-state index contributed by atoms with van der Waals surface area (Å²) in [4.78, 5) is 27.0. The van der Waals surface area contributed by atoms with Gasteiger partial charge in [-0.1, -0.05) is 44.9 Å². The molecule has 2 amide bonds. The van der Waals surface area contributed by atoms with Crippen molar-refractivity contribution in [3.8, 4) is 0 Å². The van der Waals surface area contributed by atoms with E-state index in [0.29, 0.717) is 12.8 Å². The molecule has 5 heteroatoms. The molecule has 0 radical (unpaired) electrons. The lowest BCUT2D eigenvalue weighted by Gasteiger charge is -2.56. The summed E-state index contributed by atoms with van der Waals surface area (Å²) < 4.78 is 6.80. The maximum Gasteiger partial charge on any atom is 0.254 e. The van der Waals surface area contributed by atoms with Crippen molar-refractivity contribution >= 4 is 12.3 Å². The highest BCUT2D eigenvalue weighted by Crippen LogP contribution is 2.49. The molecule has 3 rings (SSSR count). The molecule has 0 bridgehead atoms. The second-order valence-electron chi connectivity index (χ2n) is 10.7. The Kier molecular flexibility index (Phi) is 6.15. The van der Waals surface area contributed by atoms with E-state index in [1.54, 1.807) is 0 Å². The predicted molar refractivity (Wildman–Crippen MR) is 111 cm³/mol. The third kappa shape index (κ3) is 4.24. The van der Waals surface area contributed by atoms with E-state index in [1.165, 1.54) is 44.9 Å². The average Bonchev–Trinajstić information content (AvgIpc) is 2.80. The summed E-state index contributed by atoms with van der Waals surface area (Å²) in [5.74, 6) is 0.0336. The highest BCUT2D eigenvalue weighted by Gasteiger charge is 2.62. The van der Waals surface area contributed by atoms with Gasteiger partial charge in [-0.25, -0.2) is 0 Å². The summed E-state index contributed by atoms with van der Waals surface area (Å²) in [6.07, 6.45) is 15.0. The maximum atomic E-state index is 13.3. The minimum atomic E-state index is -0.830. The van der Waals surface area contributed by atoms with Crippen LogP contribution in [0, 0.1) is 0 Å². The minimum absolute atomic E-state index is 0.0336. The van der Waals surface area contributed by atoms with Crippen LogP contribution in [-0.2, 0) is 14.3 Å². The molecule has 1 saturated carbocycles. The van der Waals surface area contributed by atoms with Gasteiger partial charge in [0.05, 0.1) is 0 Å². The number of carbonyl (C=O) groups is 2. The topological polar surface area (TPSA) is 58.6 Å². The van der Waals surface area contributed by atoms with Crippen LogP contribution in [0.15, 0.2) is 0 Å². The number of nitrogens with one attached hydrogen (secondary N) is 1. The Balaban J connectivity index is 1.82. The molecule has 2 spiro atoms. The van der Waals surface area contributed by atoms with Gasteiger partial charge in [-0.3, -0.25) is 9.59 Å². The van der Waals surface area contributed by atoms with E-state index in [0.717, 1.165) is 32.1 Å². The number of hydrogen-bond acceptors (Lipinski definition) is 3. The molecule has 2 saturated heterocycles. The van der Waals surface area contributed by atoms with Crippen LogP contribution in [0.4, 0.5) is 0 Å². The lowest BCUT2D eigenvalue weighted by molar-refractivity contribution is -0.190. The molecule has 5 nitrogen and oxygen atoms in total. The highest BCUT2D eigenvalue weighted by molar-refractivity contribution is 5.88. The first-order valence-electron chi connectivity index (χ1n) is 11.4. The number of hydrogen-bond donors (Lipinski definition) is 1. The molecular weight excluding hydrogens is 352 g/mol. The Labute approximate surface area is 170 Å². The number of rotatable bonds is 1. The lowest BCUT2D eigenvalue weighted by Crippen LogP contribution is -2.66. The summed E-state index contributed by atoms with van der Waals surface area (Å²) in [5.41, 5.74) is -2.19. The maximum absolute atomic E-state index is 13.3. The number of nitrogens with zero attached hydrogens (tertiary/aromatic N) is 1. The van der Waals surface area contributed by atoms with Crippen LogP contribution >= 0.6 is 0 Å². The first kappa shape index (κ1) is 21.6. The number of likely N-dealkylation sites (tertiary alicyclic amines) is 1. The van der Waals surface area contributed by atoms with E-state index in [2.05, 4.69) is 5.32 Å². The smallest absolute Gasteiger partial charge is 0.254 e. The fraction of sp³-hybridized carbons (Fsp3) is 0.913. The van der Waals surface area contributed by atoms with Gasteiger partial charge in [0, 0.05) is 23.9 Å². The van der Waals surface area contributed by atoms with Crippen molar-refractivity contribution in [1.82, 2.24) is 10.2 Å². The van der Waals surface area contributed by atoms with E-state index < -0.39 is 22.4 Å². The van der Waals surface area contributed by atoms with E-state index in [4.69, 9.17) is 4.74 Å². The van der Waals surface area contributed by atoms with Crippen molar-refractivity contribution in [2.45, 2.75) is 134 Å². The molecule has 1 N–H and O–H groups in total. The Morgan fingerprint density at radius 2 is 1.25 bits per heavy atom. The van der Waals surface area contributed by atoms with Crippen molar-refractivity contribution in [2.24, 2.45) is 0 Å². The van der Waals surface area contributed by atoms with E-state index in [1.807, 2.05) is 32.6 Å². The summed E-state index contributed by atoms with van der Waals surface area (Å²) >= 11 is 0. The van der Waals surface area contributed by atoms with Gasteiger partial charge in [-0.15, -0.1) is 0 Å². The predicted octanol–water partition coefficient (Wildman–Crippen LogP) is 4.68. The van der Waals surface area contributed by atoms with Crippen LogP contribution in [0.5, 0.6) is 0 Å². The van der Waals surface area contributed by atoms with Crippen LogP contribution in [0.3, 0.4) is 0 Å². The van der Waals surface area contributed by atoms with Gasteiger partial charge < -0.3 is 15.0 Å². The SMILES string of the molecule is CC1(C)CC2(CC(C)(C)N1C=O)OC1(CCCCCCCCCCC1)NC2=O. The first-order valence-corrected chi connectivity index (χ1v) is 11.4. The van der Waals surface area contributed by atoms with Crippen molar-refractivity contribution in [3.63, 3.8) is 0 Å². The quantitative estimate of drug-likeness (QED) is 0.659. The van der Waals surface area contributed by atoms with Gasteiger partial charge in [0.1, 0.15) is 5.72 Å². The molecule has 2 aliphatic heterocycles. The fourth-order valence-electron chi connectivity index (χ4n) is 6.15. The van der Waals surface area contributed by atoms with Gasteiger partial charge >= 0.3 is 0 Å². The minimum Gasteiger partial charge on any atom is -0.339 e. The Morgan fingerprint density at radius 1 is 0.821 bits per heavy atom. The van der Waals surface area contributed by atoms with Crippen LogP contribution in [0.25, 0.3) is 0 Å². The van der Waals surface area contributed by atoms with Crippen LogP contribution in [0.1, 0.15) is 111 Å². The van der Waals surface area contributed by atoms with Crippen LogP contribution < -0.4 is 5.32 Å². The second kappa shape index (κ2) is 7.97. The van der Waals surface area contributed by atoms with Gasteiger partial charge in [0.15, 0.2) is 5.60 Å². The third-order valence-corrected chi connectivity index (χ3v) is 7.15. The zero-order chi connectivity index (χ0) is 20.5. The molecule has 3 fully saturated rings. The molecule has 3 aliphatic rings. The van der Waals surface area contributed by atoms with Crippen molar-refractivity contribution in [1.29, 1.82) is 0 Å². The lowest BCUT2D eigenvalue weighted by atomic mass is 9.71. The Morgan fingerprint density at radius 3 is 1.68 bits per heavy atom. The van der Waals surface area contributed by atoms with Crippen LogP contribution in [0.2, 0.25) is 0 Å². The molecule has 0 atom stereocenters. The Hall–Kier alpha value is -1.10. The standard InChI is InChI=1S/C23H40N2O3/c1-20(2)16-22(17-21(3,4)25(20)18-26)19(27)24-23(28-22)14-12-10-8-6-5-7-9-11-13-15-23/h18H,5-17H2,1-4H3,(H,24,27). The monoisotopic (exact) mass is 392 g/mol. The van der Waals surface area contributed by atoms with Gasteiger partial charge in [0.25, 0.3) is 5.91 Å². The van der Waals surface area contributed by atoms with E-state index in [9.17, 15) is 9.59 Å². The van der Waals surface area contributed by atoms with Crippen molar-refractivity contribution < 1.29 is 14.3 Å². The summed E-state index contributed by atoms with van der Waals surface area (Å²) in [6, 6.07) is 0. The molecule has 28 heavy (non-hydrogen) atoms. The third-order valence-electron chi connectivity index (χ3n) is 7.15. The van der Waals surface area contributed by atoms with Gasteiger partial charge in [-0.05, 0) is 53.4 Å². The average molecular weight is 393 g/mol. The highest BCUT2D eigenvalue weighted by atomic mass is 16.6. The molecule has 2 heterocycles. The van der Waals surface area contributed by atoms with Crippen molar-refractivity contribution in [3.05, 3.63) is 0 Å². The summed E-state index contributed by atoms with van der Waals surface area (Å²) in [7, 11) is 0. The van der Waals surface area contributed by atoms with Crippen LogP contribution in [-0.4, -0.2) is 39.6 Å². The molecule has 160 valence electrons.